The summed E-state index contributed by atoms with van der Waals surface area (Å²) in [5, 5.41) is 5.32. The van der Waals surface area contributed by atoms with E-state index < -0.39 is 20.4 Å². The van der Waals surface area contributed by atoms with Crippen LogP contribution in [0.4, 0.5) is 0 Å². The molecule has 0 saturated carbocycles. The van der Waals surface area contributed by atoms with Crippen molar-refractivity contribution in [3.63, 3.8) is 0 Å². The maximum absolute atomic E-state index is 5.12. The van der Waals surface area contributed by atoms with E-state index in [0.717, 1.165) is 33.5 Å². The zero-order chi connectivity index (χ0) is 25.8. The Balaban J connectivity index is 1.34. The zero-order valence-electron chi connectivity index (χ0n) is 21.0. The van der Waals surface area contributed by atoms with E-state index in [2.05, 4.69) is 103 Å². The van der Waals surface area contributed by atoms with E-state index in [9.17, 15) is 0 Å². The summed E-state index contributed by atoms with van der Waals surface area (Å²) < 4.78 is 3.09. The topological polar surface area (TPSA) is 25.8 Å². The van der Waals surface area contributed by atoms with Gasteiger partial charge in [0, 0.05) is 0 Å². The number of rotatable bonds is 3. The SMILES string of the molecule is c1ccc(-c2nc3ccccc3nc2-c2ccc3c(-c4cccc5c4[te]c4ccccc45)cccc3c2)cc1. The molecule has 0 aliphatic rings. The van der Waals surface area contributed by atoms with Gasteiger partial charge in [0.25, 0.3) is 0 Å². The predicted octanol–water partition coefficient (Wildman–Crippen LogP) is 9.15. The van der Waals surface area contributed by atoms with Crippen molar-refractivity contribution in [2.75, 3.05) is 0 Å². The summed E-state index contributed by atoms with van der Waals surface area (Å²) in [6.45, 7) is 0. The van der Waals surface area contributed by atoms with Crippen LogP contribution in [0.5, 0.6) is 0 Å². The first-order chi connectivity index (χ1) is 19.3. The van der Waals surface area contributed by atoms with Crippen molar-refractivity contribution >= 4 is 59.8 Å². The van der Waals surface area contributed by atoms with Crippen molar-refractivity contribution < 1.29 is 0 Å². The fraction of sp³-hybridized carbons (Fsp3) is 0. The minimum atomic E-state index is -0.426. The van der Waals surface area contributed by atoms with Crippen LogP contribution in [0.3, 0.4) is 0 Å². The Labute approximate surface area is 235 Å². The van der Waals surface area contributed by atoms with Gasteiger partial charge >= 0.3 is 225 Å². The molecule has 0 spiro atoms. The van der Waals surface area contributed by atoms with Gasteiger partial charge in [0.2, 0.25) is 0 Å². The average molecular weight is 610 g/mol. The van der Waals surface area contributed by atoms with Crippen LogP contribution in [0.2, 0.25) is 0 Å². The monoisotopic (exact) mass is 612 g/mol. The first-order valence-electron chi connectivity index (χ1n) is 13.1. The van der Waals surface area contributed by atoms with Crippen LogP contribution in [-0.2, 0) is 0 Å². The number of aromatic nitrogens is 2. The van der Waals surface area contributed by atoms with Gasteiger partial charge < -0.3 is 0 Å². The predicted molar refractivity (Wildman–Crippen MR) is 165 cm³/mol. The van der Waals surface area contributed by atoms with Gasteiger partial charge in [0.1, 0.15) is 0 Å². The van der Waals surface area contributed by atoms with E-state index >= 15 is 0 Å². The number of benzene rings is 6. The van der Waals surface area contributed by atoms with E-state index in [1.807, 2.05) is 30.3 Å². The maximum atomic E-state index is 5.12. The van der Waals surface area contributed by atoms with Crippen molar-refractivity contribution in [3.05, 3.63) is 133 Å². The van der Waals surface area contributed by atoms with Crippen LogP contribution in [0.25, 0.3) is 73.0 Å². The van der Waals surface area contributed by atoms with Gasteiger partial charge in [0.15, 0.2) is 0 Å². The molecular formula is C36H22N2Te. The summed E-state index contributed by atoms with van der Waals surface area (Å²) in [5.74, 6) is 0. The molecule has 8 rings (SSSR count). The summed E-state index contributed by atoms with van der Waals surface area (Å²) in [6.07, 6.45) is 0. The first kappa shape index (κ1) is 22.7. The summed E-state index contributed by atoms with van der Waals surface area (Å²) >= 11 is -0.426. The van der Waals surface area contributed by atoms with Crippen LogP contribution in [0, 0.1) is 0 Å². The number of fused-ring (bicyclic) bond motifs is 5. The van der Waals surface area contributed by atoms with Crippen LogP contribution in [0.1, 0.15) is 0 Å². The molecule has 0 atom stereocenters. The van der Waals surface area contributed by atoms with Crippen molar-refractivity contribution in [2.24, 2.45) is 0 Å². The second kappa shape index (κ2) is 9.17. The second-order valence-corrected chi connectivity index (χ2v) is 12.8. The Bertz CT molecular complexity index is 2180. The molecular weight excluding hydrogens is 588 g/mol. The van der Waals surface area contributed by atoms with Gasteiger partial charge in [-0.15, -0.1) is 0 Å². The van der Waals surface area contributed by atoms with Crippen LogP contribution in [0.15, 0.2) is 133 Å². The molecule has 3 heteroatoms. The average Bonchev–Trinajstić information content (AvgIpc) is 3.39. The van der Waals surface area contributed by atoms with Crippen molar-refractivity contribution in [1.82, 2.24) is 9.97 Å². The molecule has 8 aromatic rings. The van der Waals surface area contributed by atoms with Gasteiger partial charge in [-0.2, -0.15) is 0 Å². The molecule has 39 heavy (non-hydrogen) atoms. The van der Waals surface area contributed by atoms with Crippen LogP contribution < -0.4 is 0 Å². The fourth-order valence-electron chi connectivity index (χ4n) is 5.62. The molecule has 2 nitrogen and oxygen atoms in total. The van der Waals surface area contributed by atoms with Crippen LogP contribution >= 0.6 is 0 Å². The van der Waals surface area contributed by atoms with Crippen molar-refractivity contribution in [3.8, 4) is 33.6 Å². The standard InChI is InChI=1S/C36H22N2Te/c1-2-10-23(11-3-1)34-35(38-32-18-6-5-17-31(32)37-34)25-20-21-26-24(22-25)12-8-14-27(26)29-15-9-16-30-28-13-4-7-19-33(28)39-36(29)30/h1-22H. The first-order valence-corrected chi connectivity index (χ1v) is 15.4. The summed E-state index contributed by atoms with van der Waals surface area (Å²) in [7, 11) is 0. The Morgan fingerprint density at radius 2 is 1.10 bits per heavy atom. The third-order valence-electron chi connectivity index (χ3n) is 7.47. The number of nitrogens with zero attached hydrogens (tertiary/aromatic N) is 2. The van der Waals surface area contributed by atoms with E-state index in [1.165, 1.54) is 36.1 Å². The summed E-state index contributed by atoms with van der Waals surface area (Å²) in [6, 6.07) is 47.7. The molecule has 182 valence electrons. The second-order valence-electron chi connectivity index (χ2n) is 9.80. The molecule has 0 saturated heterocycles. The fourth-order valence-corrected chi connectivity index (χ4v) is 9.14. The summed E-state index contributed by atoms with van der Waals surface area (Å²) in [5.41, 5.74) is 8.47. The molecule has 0 bridgehead atoms. The van der Waals surface area contributed by atoms with Gasteiger partial charge in [-0.1, -0.05) is 12.1 Å². The van der Waals surface area contributed by atoms with Gasteiger partial charge in [0.05, 0.1) is 0 Å². The molecule has 0 N–H and O–H groups in total. The van der Waals surface area contributed by atoms with Crippen molar-refractivity contribution in [1.29, 1.82) is 0 Å². The molecule has 0 unspecified atom stereocenters. The van der Waals surface area contributed by atoms with E-state index in [4.69, 9.17) is 9.97 Å². The molecule has 2 heterocycles. The molecule has 2 aromatic heterocycles. The van der Waals surface area contributed by atoms with E-state index in [-0.39, 0.29) is 0 Å². The molecule has 0 radical (unpaired) electrons. The molecule has 0 aliphatic heterocycles. The molecule has 0 amide bonds. The number of hydrogen-bond acceptors (Lipinski definition) is 2. The van der Waals surface area contributed by atoms with Gasteiger partial charge in [-0.25, -0.2) is 0 Å². The minimum absolute atomic E-state index is 0.426. The number of hydrogen-bond donors (Lipinski definition) is 0. The quantitative estimate of drug-likeness (QED) is 0.187. The Morgan fingerprint density at radius 1 is 0.436 bits per heavy atom. The van der Waals surface area contributed by atoms with E-state index in [0.29, 0.717) is 0 Å². The zero-order valence-corrected chi connectivity index (χ0v) is 23.3. The van der Waals surface area contributed by atoms with Gasteiger partial charge in [-0.05, 0) is 0 Å². The van der Waals surface area contributed by atoms with E-state index in [1.54, 1.807) is 3.40 Å². The van der Waals surface area contributed by atoms with Crippen LogP contribution in [-0.4, -0.2) is 30.4 Å². The Kier molecular flexibility index (Phi) is 5.33. The Hall–Kier alpha value is -4.29. The number of para-hydroxylation sites is 2. The summed E-state index contributed by atoms with van der Waals surface area (Å²) in [4.78, 5) is 10.2. The Morgan fingerprint density at radius 3 is 1.95 bits per heavy atom. The third kappa shape index (κ3) is 3.78. The normalized spacial score (nSPS) is 11.6. The van der Waals surface area contributed by atoms with Crippen molar-refractivity contribution in [2.45, 2.75) is 0 Å². The molecule has 0 fully saturated rings. The third-order valence-corrected chi connectivity index (χ3v) is 10.9. The molecule has 6 aromatic carbocycles. The molecule has 0 aliphatic carbocycles. The van der Waals surface area contributed by atoms with Gasteiger partial charge in [-0.3, -0.25) is 0 Å².